The zero-order chi connectivity index (χ0) is 4.28. The van der Waals surface area contributed by atoms with Gasteiger partial charge in [0.15, 0.2) is 0 Å². The van der Waals surface area contributed by atoms with Crippen LogP contribution in [-0.2, 0) is 4.79 Å². The molecule has 0 aliphatic heterocycles. The smallest absolute Gasteiger partial charge is 0.478 e. The summed E-state index contributed by atoms with van der Waals surface area (Å²) in [5.74, 6) is -0.981. The molecule has 1 N–H and O–H groups in total. The molecule has 0 aromatic carbocycles. The van der Waals surface area contributed by atoms with Gasteiger partial charge in [-0.2, -0.15) is 0 Å². The Bertz CT molecular complexity index is 59.8. The topological polar surface area (TPSA) is 37.3 Å². The maximum absolute atomic E-state index is 9.25. The molecule has 0 unspecified atom stereocenters. The van der Waals surface area contributed by atoms with Crippen LogP contribution in [0.15, 0.2) is 12.7 Å². The molecule has 0 aliphatic rings. The molecule has 0 spiro atoms. The molecule has 0 saturated carbocycles. The Morgan fingerprint density at radius 1 is 1.83 bits per heavy atom. The monoisotopic (exact) mass is 112 g/mol. The van der Waals surface area contributed by atoms with Crippen LogP contribution in [0.25, 0.3) is 0 Å². The summed E-state index contributed by atoms with van der Waals surface area (Å²) >= 11 is 0. The molecule has 28 valence electrons. The Morgan fingerprint density at radius 2 is 2.00 bits per heavy atom. The van der Waals surface area contributed by atoms with Crippen LogP contribution in [0.1, 0.15) is 0 Å². The van der Waals surface area contributed by atoms with Crippen LogP contribution < -0.4 is 0 Å². The van der Waals surface area contributed by atoms with Gasteiger partial charge in [0.1, 0.15) is 0 Å². The molecule has 0 fully saturated rings. The first kappa shape index (κ1) is 9.69. The summed E-state index contributed by atoms with van der Waals surface area (Å²) in [7, 11) is 0. The van der Waals surface area contributed by atoms with Crippen molar-refractivity contribution in [3.05, 3.63) is 12.7 Å². The van der Waals surface area contributed by atoms with Crippen molar-refractivity contribution in [2.24, 2.45) is 0 Å². The summed E-state index contributed by atoms with van der Waals surface area (Å²) in [5.41, 5.74) is 0. The number of hydrogen-bond donors (Lipinski definition) is 1. The van der Waals surface area contributed by atoms with Gasteiger partial charge in [0.25, 0.3) is 0 Å². The van der Waals surface area contributed by atoms with E-state index in [-0.39, 0.29) is 37.7 Å². The molecular weight excluding hydrogens is 108 g/mol. The van der Waals surface area contributed by atoms with Crippen molar-refractivity contribution in [1.82, 2.24) is 0 Å². The van der Waals surface area contributed by atoms with Gasteiger partial charge in [-0.1, -0.05) is 6.58 Å². The molecule has 0 bridgehead atoms. The Morgan fingerprint density at radius 3 is 2.00 bits per heavy atom. The van der Waals surface area contributed by atoms with Gasteiger partial charge in [0.2, 0.25) is 0 Å². The van der Waals surface area contributed by atoms with Gasteiger partial charge in [0, 0.05) is 6.08 Å². The zero-order valence-electron chi connectivity index (χ0n) is 3.35. The van der Waals surface area contributed by atoms with Crippen molar-refractivity contribution in [1.29, 1.82) is 0 Å². The average molecular weight is 112 g/mol. The first-order valence-electron chi connectivity index (χ1n) is 1.12. The van der Waals surface area contributed by atoms with Crippen molar-refractivity contribution < 1.29 is 9.90 Å². The second-order valence-electron chi connectivity index (χ2n) is 0.542. The molecule has 2 nitrogen and oxygen atoms in total. The second kappa shape index (κ2) is 5.47. The van der Waals surface area contributed by atoms with E-state index in [2.05, 4.69) is 6.58 Å². The average Bonchev–Trinajstić information content (AvgIpc) is 1.38. The Kier molecular flexibility index (Phi) is 8.83. The van der Waals surface area contributed by atoms with E-state index in [0.717, 1.165) is 6.08 Å². The van der Waals surface area contributed by atoms with Crippen molar-refractivity contribution in [2.75, 3.05) is 0 Å². The fraction of sp³-hybridized carbons (Fsp3) is 0. The fourth-order valence-electron chi connectivity index (χ4n) is 0. The van der Waals surface area contributed by atoms with Crippen LogP contribution in [-0.4, -0.2) is 48.8 Å². The molecule has 0 radical (unpaired) electrons. The molecular formula is C3H4CaO2+2. The summed E-state index contributed by atoms with van der Waals surface area (Å²) in [5, 5.41) is 7.60. The molecule has 0 heterocycles. The van der Waals surface area contributed by atoms with Crippen molar-refractivity contribution in [2.45, 2.75) is 0 Å². The van der Waals surface area contributed by atoms with E-state index >= 15 is 0 Å². The number of carboxylic acids is 1. The third-order valence-electron chi connectivity index (χ3n) is 0.175. The van der Waals surface area contributed by atoms with Gasteiger partial charge in [-0.3, -0.25) is 0 Å². The summed E-state index contributed by atoms with van der Waals surface area (Å²) in [6, 6.07) is 0. The van der Waals surface area contributed by atoms with Gasteiger partial charge >= 0.3 is 43.7 Å². The van der Waals surface area contributed by atoms with Crippen LogP contribution in [0.3, 0.4) is 0 Å². The Labute approximate surface area is 65.9 Å². The molecule has 0 rings (SSSR count). The molecule has 6 heavy (non-hydrogen) atoms. The molecule has 3 heteroatoms. The molecule has 0 saturated heterocycles. The van der Waals surface area contributed by atoms with Gasteiger partial charge in [-0.15, -0.1) is 0 Å². The van der Waals surface area contributed by atoms with Gasteiger partial charge in [-0.25, -0.2) is 4.79 Å². The normalized spacial score (nSPS) is 5.33. The number of rotatable bonds is 1. The van der Waals surface area contributed by atoms with Gasteiger partial charge in [0.05, 0.1) is 0 Å². The maximum Gasteiger partial charge on any atom is 2.00 e. The van der Waals surface area contributed by atoms with Gasteiger partial charge in [-0.05, 0) is 0 Å². The zero-order valence-corrected chi connectivity index (χ0v) is 5.56. The maximum atomic E-state index is 9.25. The summed E-state index contributed by atoms with van der Waals surface area (Å²) in [6.07, 6.45) is 0.833. The van der Waals surface area contributed by atoms with Gasteiger partial charge < -0.3 is 5.11 Å². The standard InChI is InChI=1S/C3H4O2.Ca/c1-2-3(4)5;/h2H,1H2,(H,4,5);/q;+2. The van der Waals surface area contributed by atoms with E-state index in [9.17, 15) is 4.79 Å². The van der Waals surface area contributed by atoms with Crippen LogP contribution in [0, 0.1) is 0 Å². The fourth-order valence-corrected chi connectivity index (χ4v) is 0. The molecule has 0 aromatic rings. The summed E-state index contributed by atoms with van der Waals surface area (Å²) in [6.45, 7) is 2.96. The van der Waals surface area contributed by atoms with E-state index in [4.69, 9.17) is 5.11 Å². The van der Waals surface area contributed by atoms with E-state index in [1.165, 1.54) is 0 Å². The Balaban J connectivity index is 0. The van der Waals surface area contributed by atoms with E-state index in [1.54, 1.807) is 0 Å². The van der Waals surface area contributed by atoms with Crippen molar-refractivity contribution >= 4 is 43.7 Å². The SMILES string of the molecule is C=CC(=O)O.[Ca+2]. The first-order chi connectivity index (χ1) is 2.27. The summed E-state index contributed by atoms with van der Waals surface area (Å²) in [4.78, 5) is 9.25. The van der Waals surface area contributed by atoms with Crippen LogP contribution in [0.2, 0.25) is 0 Å². The Hall–Kier alpha value is 0.470. The van der Waals surface area contributed by atoms with Crippen molar-refractivity contribution in [3.8, 4) is 0 Å². The number of carbonyl (C=O) groups is 1. The third-order valence-corrected chi connectivity index (χ3v) is 0.175. The minimum absolute atomic E-state index is 0. The number of carboxylic acid groups (broad SMARTS) is 1. The number of hydrogen-bond acceptors (Lipinski definition) is 1. The molecule has 0 atom stereocenters. The van der Waals surface area contributed by atoms with Crippen LogP contribution in [0.4, 0.5) is 0 Å². The summed E-state index contributed by atoms with van der Waals surface area (Å²) < 4.78 is 0. The molecule has 0 amide bonds. The van der Waals surface area contributed by atoms with Crippen molar-refractivity contribution in [3.63, 3.8) is 0 Å². The number of aliphatic carboxylic acids is 1. The van der Waals surface area contributed by atoms with E-state index in [0.29, 0.717) is 0 Å². The quantitative estimate of drug-likeness (QED) is 0.379. The van der Waals surface area contributed by atoms with Crippen LogP contribution >= 0.6 is 0 Å². The van der Waals surface area contributed by atoms with E-state index < -0.39 is 5.97 Å². The predicted molar refractivity (Wildman–Crippen MR) is 23.6 cm³/mol. The molecule has 0 aromatic heterocycles. The predicted octanol–water partition coefficient (Wildman–Crippen LogP) is -0.124. The minimum atomic E-state index is -0.981. The molecule has 0 aliphatic carbocycles. The third kappa shape index (κ3) is 8.82. The second-order valence-corrected chi connectivity index (χ2v) is 0.542. The largest absolute Gasteiger partial charge is 2.00 e. The minimum Gasteiger partial charge on any atom is -0.478 e. The van der Waals surface area contributed by atoms with Crippen LogP contribution in [0.5, 0.6) is 0 Å². The first-order valence-corrected chi connectivity index (χ1v) is 1.12. The van der Waals surface area contributed by atoms with E-state index in [1.807, 2.05) is 0 Å².